The second-order valence-corrected chi connectivity index (χ2v) is 7.71. The summed E-state index contributed by atoms with van der Waals surface area (Å²) < 4.78 is 1.05. The zero-order valence-electron chi connectivity index (χ0n) is 13.5. The van der Waals surface area contributed by atoms with Gasteiger partial charge in [0.1, 0.15) is 4.88 Å². The minimum Gasteiger partial charge on any atom is -0.477 e. The molecule has 1 saturated carbocycles. The van der Waals surface area contributed by atoms with E-state index >= 15 is 0 Å². The highest BCUT2D eigenvalue weighted by Crippen LogP contribution is 2.46. The van der Waals surface area contributed by atoms with E-state index in [2.05, 4.69) is 42.5 Å². The number of benzene rings is 3. The Morgan fingerprint density at radius 2 is 1.72 bits per heavy atom. The van der Waals surface area contributed by atoms with Crippen molar-refractivity contribution in [1.29, 1.82) is 0 Å². The molecule has 0 amide bonds. The van der Waals surface area contributed by atoms with Gasteiger partial charge in [0, 0.05) is 10.3 Å². The smallest absolute Gasteiger partial charge is 0.345 e. The van der Waals surface area contributed by atoms with E-state index < -0.39 is 5.97 Å². The molecule has 0 aliphatic heterocycles. The molecule has 0 radical (unpaired) electrons. The van der Waals surface area contributed by atoms with Crippen LogP contribution in [0.4, 0.5) is 0 Å². The third-order valence-corrected chi connectivity index (χ3v) is 6.19. The summed E-state index contributed by atoms with van der Waals surface area (Å²) in [5, 5.41) is 12.9. The summed E-state index contributed by atoms with van der Waals surface area (Å²) in [6, 6.07) is 20.9. The molecule has 0 saturated heterocycles. The van der Waals surface area contributed by atoms with Gasteiger partial charge in [-0.2, -0.15) is 0 Å². The number of aromatic carboxylic acids is 1. The van der Waals surface area contributed by atoms with Gasteiger partial charge in [-0.1, -0.05) is 54.6 Å². The quantitative estimate of drug-likeness (QED) is 0.474. The van der Waals surface area contributed by atoms with Gasteiger partial charge >= 0.3 is 5.97 Å². The lowest BCUT2D eigenvalue weighted by Crippen LogP contribution is -1.89. The molecule has 0 bridgehead atoms. The average Bonchev–Trinajstić information content (AvgIpc) is 3.37. The highest BCUT2D eigenvalue weighted by atomic mass is 32.1. The maximum atomic E-state index is 11.4. The van der Waals surface area contributed by atoms with Crippen molar-refractivity contribution >= 4 is 38.2 Å². The standard InChI is InChI=1S/C22H16O2S/c23-22(24)20-12-14-4-3-7-19(21(14)25-20)18-11-10-15(13-8-9-13)16-5-1-2-6-17(16)18/h1-7,10-13H,8-9H2,(H,23,24). The molecule has 1 aliphatic carbocycles. The van der Waals surface area contributed by atoms with Crippen LogP contribution < -0.4 is 0 Å². The number of carboxylic acids is 1. The van der Waals surface area contributed by atoms with E-state index in [1.165, 1.54) is 46.1 Å². The minimum atomic E-state index is -0.860. The van der Waals surface area contributed by atoms with E-state index in [4.69, 9.17) is 0 Å². The molecule has 3 heteroatoms. The van der Waals surface area contributed by atoms with Gasteiger partial charge in [0.2, 0.25) is 0 Å². The predicted molar refractivity (Wildman–Crippen MR) is 104 cm³/mol. The molecule has 5 rings (SSSR count). The molecular weight excluding hydrogens is 328 g/mol. The average molecular weight is 344 g/mol. The van der Waals surface area contributed by atoms with Crippen LogP contribution in [-0.4, -0.2) is 11.1 Å². The zero-order chi connectivity index (χ0) is 17.0. The second-order valence-electron chi connectivity index (χ2n) is 6.66. The Bertz CT molecular complexity index is 1140. The molecule has 1 fully saturated rings. The van der Waals surface area contributed by atoms with Gasteiger partial charge in [-0.15, -0.1) is 11.3 Å². The molecule has 0 unspecified atom stereocenters. The Morgan fingerprint density at radius 3 is 2.48 bits per heavy atom. The maximum absolute atomic E-state index is 11.4. The van der Waals surface area contributed by atoms with Gasteiger partial charge in [0.25, 0.3) is 0 Å². The van der Waals surface area contributed by atoms with Crippen molar-refractivity contribution < 1.29 is 9.90 Å². The highest BCUT2D eigenvalue weighted by Gasteiger charge is 2.26. The molecule has 1 heterocycles. The summed E-state index contributed by atoms with van der Waals surface area (Å²) in [4.78, 5) is 11.8. The molecule has 0 atom stereocenters. The van der Waals surface area contributed by atoms with Crippen LogP contribution in [-0.2, 0) is 0 Å². The molecule has 2 nitrogen and oxygen atoms in total. The van der Waals surface area contributed by atoms with Gasteiger partial charge in [0.05, 0.1) is 0 Å². The van der Waals surface area contributed by atoms with Crippen LogP contribution in [0, 0.1) is 0 Å². The Morgan fingerprint density at radius 1 is 0.920 bits per heavy atom. The SMILES string of the molecule is O=C(O)c1cc2cccc(-c3ccc(C4CC4)c4ccccc34)c2s1. The fourth-order valence-electron chi connectivity index (χ4n) is 3.69. The molecule has 4 aromatic rings. The Labute approximate surface area is 149 Å². The lowest BCUT2D eigenvalue weighted by Gasteiger charge is -2.12. The van der Waals surface area contributed by atoms with E-state index in [9.17, 15) is 9.90 Å². The van der Waals surface area contributed by atoms with E-state index in [1.54, 1.807) is 6.07 Å². The first kappa shape index (κ1) is 14.7. The molecular formula is C22H16O2S. The van der Waals surface area contributed by atoms with Crippen LogP contribution in [0.25, 0.3) is 32.0 Å². The third kappa shape index (κ3) is 2.35. The predicted octanol–water partition coefficient (Wildman–Crippen LogP) is 6.30. The van der Waals surface area contributed by atoms with Gasteiger partial charge in [-0.25, -0.2) is 4.79 Å². The normalized spacial score (nSPS) is 14.2. The largest absolute Gasteiger partial charge is 0.477 e. The van der Waals surface area contributed by atoms with Gasteiger partial charge in [-0.05, 0) is 52.1 Å². The molecule has 25 heavy (non-hydrogen) atoms. The lowest BCUT2D eigenvalue weighted by molar-refractivity contribution is 0.0702. The van der Waals surface area contributed by atoms with E-state index in [0.29, 0.717) is 10.8 Å². The summed E-state index contributed by atoms with van der Waals surface area (Å²) in [6.45, 7) is 0. The summed E-state index contributed by atoms with van der Waals surface area (Å²) >= 11 is 1.36. The Balaban J connectivity index is 1.80. The molecule has 1 N–H and O–H groups in total. The fraction of sp³-hybridized carbons (Fsp3) is 0.136. The van der Waals surface area contributed by atoms with Crippen LogP contribution in [0.1, 0.15) is 34.0 Å². The zero-order valence-corrected chi connectivity index (χ0v) is 14.3. The number of carbonyl (C=O) groups is 1. The topological polar surface area (TPSA) is 37.3 Å². The van der Waals surface area contributed by atoms with Crippen LogP contribution in [0.3, 0.4) is 0 Å². The van der Waals surface area contributed by atoms with Crippen molar-refractivity contribution in [2.45, 2.75) is 18.8 Å². The Kier molecular flexibility index (Phi) is 3.19. The van der Waals surface area contributed by atoms with Crippen molar-refractivity contribution in [3.63, 3.8) is 0 Å². The number of fused-ring (bicyclic) bond motifs is 2. The monoisotopic (exact) mass is 344 g/mol. The van der Waals surface area contributed by atoms with Crippen molar-refractivity contribution in [2.75, 3.05) is 0 Å². The maximum Gasteiger partial charge on any atom is 0.345 e. The van der Waals surface area contributed by atoms with E-state index in [0.717, 1.165) is 15.6 Å². The first-order valence-electron chi connectivity index (χ1n) is 8.50. The number of hydrogen-bond donors (Lipinski definition) is 1. The summed E-state index contributed by atoms with van der Waals surface area (Å²) in [7, 11) is 0. The number of thiophene rings is 1. The molecule has 3 aromatic carbocycles. The third-order valence-electron chi connectivity index (χ3n) is 5.02. The summed E-state index contributed by atoms with van der Waals surface area (Å²) in [5.41, 5.74) is 3.75. The summed E-state index contributed by atoms with van der Waals surface area (Å²) in [5.74, 6) is -0.156. The fourth-order valence-corrected chi connectivity index (χ4v) is 4.71. The number of hydrogen-bond acceptors (Lipinski definition) is 2. The van der Waals surface area contributed by atoms with Crippen molar-refractivity contribution in [3.05, 3.63) is 71.1 Å². The first-order chi connectivity index (χ1) is 12.2. The van der Waals surface area contributed by atoms with Gasteiger partial charge in [-0.3, -0.25) is 0 Å². The number of rotatable bonds is 3. The van der Waals surface area contributed by atoms with Gasteiger partial charge < -0.3 is 5.11 Å². The first-order valence-corrected chi connectivity index (χ1v) is 9.32. The van der Waals surface area contributed by atoms with Crippen LogP contribution in [0.15, 0.2) is 60.7 Å². The van der Waals surface area contributed by atoms with Crippen LogP contribution in [0.2, 0.25) is 0 Å². The highest BCUT2D eigenvalue weighted by molar-refractivity contribution is 7.21. The van der Waals surface area contributed by atoms with E-state index in [-0.39, 0.29) is 0 Å². The van der Waals surface area contributed by atoms with Crippen molar-refractivity contribution in [3.8, 4) is 11.1 Å². The Hall–Kier alpha value is -2.65. The van der Waals surface area contributed by atoms with Gasteiger partial charge in [0.15, 0.2) is 0 Å². The molecule has 1 aliphatic rings. The van der Waals surface area contributed by atoms with Crippen LogP contribution in [0.5, 0.6) is 0 Å². The minimum absolute atomic E-state index is 0.390. The second kappa shape index (κ2) is 5.43. The van der Waals surface area contributed by atoms with E-state index in [1.807, 2.05) is 12.1 Å². The van der Waals surface area contributed by atoms with Crippen molar-refractivity contribution in [1.82, 2.24) is 0 Å². The molecule has 122 valence electrons. The number of carboxylic acid groups (broad SMARTS) is 1. The molecule has 0 spiro atoms. The summed E-state index contributed by atoms with van der Waals surface area (Å²) in [6.07, 6.45) is 2.57. The lowest BCUT2D eigenvalue weighted by atomic mass is 9.93. The van der Waals surface area contributed by atoms with Crippen LogP contribution >= 0.6 is 11.3 Å². The van der Waals surface area contributed by atoms with Crippen molar-refractivity contribution in [2.24, 2.45) is 0 Å². The molecule has 1 aromatic heterocycles.